The molecule has 1 unspecified atom stereocenters. The van der Waals surface area contributed by atoms with Crippen molar-refractivity contribution in [1.29, 1.82) is 0 Å². The summed E-state index contributed by atoms with van der Waals surface area (Å²) in [5.41, 5.74) is 0.342. The summed E-state index contributed by atoms with van der Waals surface area (Å²) in [4.78, 5) is 43.1. The molecule has 0 aromatic heterocycles. The van der Waals surface area contributed by atoms with Crippen molar-refractivity contribution in [3.63, 3.8) is 0 Å². The molecule has 1 heterocycles. The normalized spacial score (nSPS) is 22.2. The fourth-order valence-corrected chi connectivity index (χ4v) is 1.08. The fourth-order valence-electron chi connectivity index (χ4n) is 1.08. The summed E-state index contributed by atoms with van der Waals surface area (Å²) in [6.07, 6.45) is 3.71. The average Bonchev–Trinajstić information content (AvgIpc) is 2.80. The number of epoxide rings is 1. The molecule has 112 valence electrons. The maximum Gasteiger partial charge on any atom is 0.466 e. The van der Waals surface area contributed by atoms with Crippen molar-refractivity contribution in [2.45, 2.75) is 38.7 Å². The lowest BCUT2D eigenvalue weighted by molar-refractivity contribution is 0.272. The Morgan fingerprint density at radius 2 is 1.28 bits per heavy atom. The second kappa shape index (κ2) is 8.37. The van der Waals surface area contributed by atoms with Crippen LogP contribution in [0.3, 0.4) is 0 Å². The second-order valence-corrected chi connectivity index (χ2v) is 5.65. The van der Waals surface area contributed by atoms with Gasteiger partial charge in [0.2, 0.25) is 0 Å². The van der Waals surface area contributed by atoms with Gasteiger partial charge < -0.3 is 34.1 Å². The van der Waals surface area contributed by atoms with Crippen molar-refractivity contribution < 1.29 is 43.2 Å². The first-order chi connectivity index (χ1) is 7.83. The van der Waals surface area contributed by atoms with Gasteiger partial charge in [0.25, 0.3) is 0 Å². The van der Waals surface area contributed by atoms with Crippen LogP contribution in [0.4, 0.5) is 0 Å². The maximum absolute atomic E-state index is 8.88. The summed E-state index contributed by atoms with van der Waals surface area (Å²) in [6, 6.07) is 0. The van der Waals surface area contributed by atoms with Gasteiger partial charge in [-0.05, 0) is 12.8 Å². The van der Waals surface area contributed by atoms with Gasteiger partial charge in [-0.1, -0.05) is 20.3 Å². The third kappa shape index (κ3) is 25.1. The summed E-state index contributed by atoms with van der Waals surface area (Å²) in [6.45, 7) is 5.42. The molecule has 0 aliphatic carbocycles. The Bertz CT molecular complexity index is 266. The molecule has 0 radical (unpaired) electrons. The largest absolute Gasteiger partial charge is 0.466 e. The van der Waals surface area contributed by atoms with Gasteiger partial charge >= 0.3 is 15.6 Å². The Hall–Kier alpha value is 0.180. The van der Waals surface area contributed by atoms with E-state index in [0.717, 1.165) is 6.61 Å². The van der Waals surface area contributed by atoms with Crippen molar-refractivity contribution in [2.75, 3.05) is 6.61 Å². The van der Waals surface area contributed by atoms with E-state index in [1.807, 2.05) is 0 Å². The molecule has 1 aliphatic heterocycles. The maximum atomic E-state index is 8.88. The number of ether oxygens (including phenoxy) is 1. The van der Waals surface area contributed by atoms with Crippen LogP contribution in [0, 0.1) is 0 Å². The van der Waals surface area contributed by atoms with Gasteiger partial charge in [-0.3, -0.25) is 0 Å². The first-order valence-corrected chi connectivity index (χ1v) is 8.16. The Morgan fingerprint density at radius 1 is 1.00 bits per heavy atom. The lowest BCUT2D eigenvalue weighted by Gasteiger charge is -2.03. The van der Waals surface area contributed by atoms with Crippen LogP contribution in [0.15, 0.2) is 0 Å². The molecule has 1 fully saturated rings. The molecule has 1 aliphatic rings. The zero-order valence-electron chi connectivity index (χ0n) is 10.1. The van der Waals surface area contributed by atoms with Crippen LogP contribution < -0.4 is 0 Å². The number of hydrogen-bond acceptors (Lipinski definition) is 3. The number of rotatable bonds is 3. The van der Waals surface area contributed by atoms with Gasteiger partial charge in [-0.25, -0.2) is 9.13 Å². The van der Waals surface area contributed by atoms with Crippen LogP contribution in [0.1, 0.15) is 33.1 Å². The third-order valence-corrected chi connectivity index (χ3v) is 1.90. The third-order valence-electron chi connectivity index (χ3n) is 1.90. The van der Waals surface area contributed by atoms with E-state index in [-0.39, 0.29) is 0 Å². The first-order valence-electron chi connectivity index (χ1n) is 5.03. The van der Waals surface area contributed by atoms with E-state index in [9.17, 15) is 0 Å². The zero-order valence-corrected chi connectivity index (χ0v) is 11.9. The molecule has 11 heteroatoms. The van der Waals surface area contributed by atoms with Gasteiger partial charge in [0.1, 0.15) is 0 Å². The molecule has 1 saturated heterocycles. The van der Waals surface area contributed by atoms with Crippen LogP contribution in [0.2, 0.25) is 0 Å². The van der Waals surface area contributed by atoms with Crippen molar-refractivity contribution in [3.05, 3.63) is 0 Å². The van der Waals surface area contributed by atoms with Crippen molar-refractivity contribution in [3.8, 4) is 0 Å². The molecule has 0 bridgehead atoms. The molecule has 1 atom stereocenters. The lowest BCUT2D eigenvalue weighted by Crippen LogP contribution is -2.07. The van der Waals surface area contributed by atoms with E-state index in [0.29, 0.717) is 5.60 Å². The minimum atomic E-state index is -4.64. The summed E-state index contributed by atoms with van der Waals surface area (Å²) < 4.78 is 23.0. The highest BCUT2D eigenvalue weighted by atomic mass is 31.2. The van der Waals surface area contributed by atoms with Gasteiger partial charge in [-0.15, -0.1) is 0 Å². The van der Waals surface area contributed by atoms with E-state index in [4.69, 9.17) is 43.2 Å². The standard InChI is InChI=1S/C7H14O.2H3O4P/c1-3-5-7(4-2)6-8-7;2*1-5(2,3)4/h3-6H2,1-2H3;2*(H3,1,2,3,4). The van der Waals surface area contributed by atoms with Crippen LogP contribution in [-0.2, 0) is 13.9 Å². The number of phosphoric acid groups is 2. The predicted molar refractivity (Wildman–Crippen MR) is 62.4 cm³/mol. The van der Waals surface area contributed by atoms with E-state index >= 15 is 0 Å². The van der Waals surface area contributed by atoms with Crippen LogP contribution in [0.5, 0.6) is 0 Å². The molecule has 9 nitrogen and oxygen atoms in total. The Morgan fingerprint density at radius 3 is 1.33 bits per heavy atom. The van der Waals surface area contributed by atoms with E-state index < -0.39 is 15.6 Å². The summed E-state index contributed by atoms with van der Waals surface area (Å²) in [5, 5.41) is 0. The summed E-state index contributed by atoms with van der Waals surface area (Å²) in [5.74, 6) is 0. The van der Waals surface area contributed by atoms with E-state index in [2.05, 4.69) is 13.8 Å². The van der Waals surface area contributed by atoms with Crippen molar-refractivity contribution in [2.24, 2.45) is 0 Å². The first kappa shape index (κ1) is 20.5. The zero-order chi connectivity index (χ0) is 15.0. The molecule has 0 spiro atoms. The molecule has 0 aromatic carbocycles. The Balaban J connectivity index is 0. The molecule has 6 N–H and O–H groups in total. The van der Waals surface area contributed by atoms with Crippen LogP contribution in [-0.4, -0.2) is 41.6 Å². The van der Waals surface area contributed by atoms with Gasteiger partial charge in [0.15, 0.2) is 0 Å². The highest BCUT2D eigenvalue weighted by Gasteiger charge is 2.41. The summed E-state index contributed by atoms with van der Waals surface area (Å²) in [7, 11) is -9.28. The fraction of sp³-hybridized carbons (Fsp3) is 1.00. The highest BCUT2D eigenvalue weighted by molar-refractivity contribution is 7.45. The quantitative estimate of drug-likeness (QED) is 0.313. The predicted octanol–water partition coefficient (Wildman–Crippen LogP) is 0.108. The van der Waals surface area contributed by atoms with Gasteiger partial charge in [0.05, 0.1) is 12.2 Å². The molecule has 1 rings (SSSR count). The number of hydrogen-bond donors (Lipinski definition) is 6. The molecule has 0 amide bonds. The van der Waals surface area contributed by atoms with E-state index in [1.165, 1.54) is 19.3 Å². The Labute approximate surface area is 105 Å². The van der Waals surface area contributed by atoms with Gasteiger partial charge in [0, 0.05) is 0 Å². The Kier molecular flexibility index (Phi) is 9.53. The summed E-state index contributed by atoms with van der Waals surface area (Å²) >= 11 is 0. The van der Waals surface area contributed by atoms with Crippen LogP contribution in [0.25, 0.3) is 0 Å². The van der Waals surface area contributed by atoms with Crippen molar-refractivity contribution >= 4 is 15.6 Å². The molecular weight excluding hydrogens is 290 g/mol. The average molecular weight is 310 g/mol. The van der Waals surface area contributed by atoms with E-state index in [1.54, 1.807) is 0 Å². The van der Waals surface area contributed by atoms with Gasteiger partial charge in [-0.2, -0.15) is 0 Å². The molecule has 0 aromatic rings. The minimum absolute atomic E-state index is 0.342. The topological polar surface area (TPSA) is 168 Å². The second-order valence-electron chi connectivity index (χ2n) is 3.60. The molecular formula is C7H20O9P2. The SMILES string of the molecule is CCCC1(CC)CO1.O=P(O)(O)O.O=P(O)(O)O. The smallest absolute Gasteiger partial charge is 0.370 e. The lowest BCUT2D eigenvalue weighted by atomic mass is 10.0. The highest BCUT2D eigenvalue weighted by Crippen LogP contribution is 2.34. The minimum Gasteiger partial charge on any atom is -0.370 e. The molecule has 0 saturated carbocycles. The molecule has 18 heavy (non-hydrogen) atoms. The van der Waals surface area contributed by atoms with Crippen LogP contribution >= 0.6 is 15.6 Å². The monoisotopic (exact) mass is 310 g/mol. The van der Waals surface area contributed by atoms with Crippen molar-refractivity contribution in [1.82, 2.24) is 0 Å².